The molecule has 1 aliphatic heterocycles. The molecule has 2 aromatic rings. The molecule has 1 aliphatic rings. The Morgan fingerprint density at radius 1 is 1.31 bits per heavy atom. The molecule has 26 heavy (non-hydrogen) atoms. The van der Waals surface area contributed by atoms with Crippen LogP contribution in [0.3, 0.4) is 0 Å². The first-order chi connectivity index (χ1) is 12.5. The molecule has 0 saturated carbocycles. The van der Waals surface area contributed by atoms with Gasteiger partial charge in [0.2, 0.25) is 0 Å². The number of ether oxygens (including phenoxy) is 1. The average Bonchev–Trinajstić information content (AvgIpc) is 2.97. The summed E-state index contributed by atoms with van der Waals surface area (Å²) in [7, 11) is 1.78. The molecule has 1 aromatic heterocycles. The number of carbonyl (C=O) groups is 2. The summed E-state index contributed by atoms with van der Waals surface area (Å²) in [5, 5.41) is 7.08. The molecular weight excluding hydrogens is 339 g/mol. The molecule has 0 spiro atoms. The van der Waals surface area contributed by atoms with Crippen molar-refractivity contribution in [2.75, 3.05) is 13.2 Å². The number of carbonyl (C=O) groups excluding carboxylic acids is 2. The smallest absolute Gasteiger partial charge is 0.359 e. The SMILES string of the molecule is CCOC(=O)c1nn(C)c2c1CN(C(=O)NCc1ccc(F)cc1)CC2. The third-order valence-electron chi connectivity index (χ3n) is 4.36. The van der Waals surface area contributed by atoms with Gasteiger partial charge in [0.15, 0.2) is 5.69 Å². The summed E-state index contributed by atoms with van der Waals surface area (Å²) >= 11 is 0. The van der Waals surface area contributed by atoms with Gasteiger partial charge >= 0.3 is 12.0 Å². The van der Waals surface area contributed by atoms with E-state index in [1.54, 1.807) is 35.7 Å². The molecule has 1 N–H and O–H groups in total. The number of benzene rings is 1. The van der Waals surface area contributed by atoms with E-state index in [2.05, 4.69) is 10.4 Å². The Morgan fingerprint density at radius 2 is 2.04 bits per heavy atom. The Bertz CT molecular complexity index is 817. The number of hydrogen-bond acceptors (Lipinski definition) is 4. The number of hydrogen-bond donors (Lipinski definition) is 1. The van der Waals surface area contributed by atoms with Crippen molar-refractivity contribution in [1.82, 2.24) is 20.0 Å². The number of aromatic nitrogens is 2. The molecule has 3 rings (SSSR count). The third kappa shape index (κ3) is 3.68. The van der Waals surface area contributed by atoms with E-state index < -0.39 is 5.97 Å². The van der Waals surface area contributed by atoms with Crippen molar-refractivity contribution in [2.24, 2.45) is 7.05 Å². The van der Waals surface area contributed by atoms with Crippen molar-refractivity contribution in [3.63, 3.8) is 0 Å². The molecule has 7 nitrogen and oxygen atoms in total. The maximum Gasteiger partial charge on any atom is 0.359 e. The van der Waals surface area contributed by atoms with Gasteiger partial charge < -0.3 is 15.0 Å². The van der Waals surface area contributed by atoms with Crippen molar-refractivity contribution in [3.05, 3.63) is 52.6 Å². The first-order valence-corrected chi connectivity index (χ1v) is 8.48. The maximum absolute atomic E-state index is 12.9. The first kappa shape index (κ1) is 17.9. The average molecular weight is 360 g/mol. The fourth-order valence-electron chi connectivity index (χ4n) is 3.02. The molecule has 8 heteroatoms. The number of halogens is 1. The van der Waals surface area contributed by atoms with Crippen LogP contribution >= 0.6 is 0 Å². The fourth-order valence-corrected chi connectivity index (χ4v) is 3.02. The minimum absolute atomic E-state index is 0.237. The van der Waals surface area contributed by atoms with Gasteiger partial charge in [0, 0.05) is 37.8 Å². The molecule has 0 radical (unpaired) electrons. The van der Waals surface area contributed by atoms with E-state index in [1.807, 2.05) is 0 Å². The van der Waals surface area contributed by atoms with Gasteiger partial charge in [0.25, 0.3) is 0 Å². The first-order valence-electron chi connectivity index (χ1n) is 8.48. The lowest BCUT2D eigenvalue weighted by molar-refractivity contribution is 0.0516. The van der Waals surface area contributed by atoms with Gasteiger partial charge in [-0.2, -0.15) is 5.10 Å². The van der Waals surface area contributed by atoms with E-state index in [-0.39, 0.29) is 24.1 Å². The number of fused-ring (bicyclic) bond motifs is 1. The van der Waals surface area contributed by atoms with Gasteiger partial charge in [-0.15, -0.1) is 0 Å². The number of esters is 1. The second-order valence-corrected chi connectivity index (χ2v) is 6.07. The molecule has 138 valence electrons. The highest BCUT2D eigenvalue weighted by Crippen LogP contribution is 2.23. The highest BCUT2D eigenvalue weighted by Gasteiger charge is 2.29. The summed E-state index contributed by atoms with van der Waals surface area (Å²) < 4.78 is 19.7. The highest BCUT2D eigenvalue weighted by molar-refractivity contribution is 5.89. The minimum Gasteiger partial charge on any atom is -0.461 e. The monoisotopic (exact) mass is 360 g/mol. The predicted octanol–water partition coefficient (Wildman–Crippen LogP) is 2.00. The zero-order valence-electron chi connectivity index (χ0n) is 14.8. The molecule has 0 unspecified atom stereocenters. The van der Waals surface area contributed by atoms with E-state index in [4.69, 9.17) is 4.74 Å². The van der Waals surface area contributed by atoms with Crippen LogP contribution in [0, 0.1) is 5.82 Å². The van der Waals surface area contributed by atoms with Crippen LogP contribution in [0.4, 0.5) is 9.18 Å². The summed E-state index contributed by atoms with van der Waals surface area (Å²) in [4.78, 5) is 26.2. The van der Waals surface area contributed by atoms with Gasteiger partial charge in [-0.1, -0.05) is 12.1 Å². The molecule has 1 aromatic carbocycles. The second kappa shape index (κ2) is 7.55. The Hall–Kier alpha value is -2.90. The molecule has 0 fully saturated rings. The van der Waals surface area contributed by atoms with Crippen molar-refractivity contribution in [1.29, 1.82) is 0 Å². The fraction of sp³-hybridized carbons (Fsp3) is 0.389. The zero-order chi connectivity index (χ0) is 18.7. The predicted molar refractivity (Wildman–Crippen MR) is 91.9 cm³/mol. The molecule has 2 amide bonds. The van der Waals surface area contributed by atoms with E-state index in [1.165, 1.54) is 12.1 Å². The van der Waals surface area contributed by atoms with Gasteiger partial charge in [-0.05, 0) is 24.6 Å². The number of aryl methyl sites for hydroxylation is 1. The Balaban J connectivity index is 1.68. The number of rotatable bonds is 4. The van der Waals surface area contributed by atoms with Crippen molar-refractivity contribution >= 4 is 12.0 Å². The van der Waals surface area contributed by atoms with Crippen molar-refractivity contribution in [2.45, 2.75) is 26.4 Å². The van der Waals surface area contributed by atoms with Gasteiger partial charge in [-0.3, -0.25) is 4.68 Å². The molecule has 0 aliphatic carbocycles. The quantitative estimate of drug-likeness (QED) is 0.846. The van der Waals surface area contributed by atoms with Crippen molar-refractivity contribution < 1.29 is 18.7 Å². The van der Waals surface area contributed by atoms with Crippen LogP contribution in [0.1, 0.15) is 34.2 Å². The largest absolute Gasteiger partial charge is 0.461 e. The second-order valence-electron chi connectivity index (χ2n) is 6.07. The number of nitrogens with zero attached hydrogens (tertiary/aromatic N) is 3. The molecule has 0 saturated heterocycles. The van der Waals surface area contributed by atoms with Crippen LogP contribution < -0.4 is 5.32 Å². The number of urea groups is 1. The lowest BCUT2D eigenvalue weighted by Crippen LogP contribution is -2.42. The third-order valence-corrected chi connectivity index (χ3v) is 4.36. The Morgan fingerprint density at radius 3 is 2.73 bits per heavy atom. The highest BCUT2D eigenvalue weighted by atomic mass is 19.1. The van der Waals surface area contributed by atoms with Crippen LogP contribution in [0.25, 0.3) is 0 Å². The van der Waals surface area contributed by atoms with Crippen LogP contribution in [-0.2, 0) is 31.3 Å². The molecule has 2 heterocycles. The zero-order valence-corrected chi connectivity index (χ0v) is 14.8. The topological polar surface area (TPSA) is 76.5 Å². The van der Waals surface area contributed by atoms with Crippen LogP contribution in [0.15, 0.2) is 24.3 Å². The standard InChI is InChI=1S/C18H21FN4O3/c1-3-26-17(24)16-14-11-23(9-8-15(14)22(2)21-16)18(25)20-10-12-4-6-13(19)7-5-12/h4-7H,3,8-11H2,1-2H3,(H,20,25). The maximum atomic E-state index is 12.9. The number of nitrogens with one attached hydrogen (secondary N) is 1. The van der Waals surface area contributed by atoms with Gasteiger partial charge in [-0.25, -0.2) is 14.0 Å². The van der Waals surface area contributed by atoms with Crippen LogP contribution in [0.5, 0.6) is 0 Å². The number of amides is 2. The summed E-state index contributed by atoms with van der Waals surface area (Å²) in [5.41, 5.74) is 2.75. The Labute approximate surface area is 150 Å². The lowest BCUT2D eigenvalue weighted by Gasteiger charge is -2.27. The van der Waals surface area contributed by atoms with Crippen LogP contribution in [0.2, 0.25) is 0 Å². The van der Waals surface area contributed by atoms with E-state index >= 15 is 0 Å². The van der Waals surface area contributed by atoms with Crippen LogP contribution in [-0.4, -0.2) is 39.8 Å². The summed E-state index contributed by atoms with van der Waals surface area (Å²) in [6, 6.07) is 5.73. The van der Waals surface area contributed by atoms with Gasteiger partial charge in [0.1, 0.15) is 5.82 Å². The van der Waals surface area contributed by atoms with E-state index in [0.717, 1.165) is 16.8 Å². The summed E-state index contributed by atoms with van der Waals surface area (Å²) in [5.74, 6) is -0.787. The molecular formula is C18H21FN4O3. The van der Waals surface area contributed by atoms with E-state index in [9.17, 15) is 14.0 Å². The normalized spacial score (nSPS) is 13.3. The minimum atomic E-state index is -0.474. The van der Waals surface area contributed by atoms with E-state index in [0.29, 0.717) is 26.1 Å². The molecule has 0 atom stereocenters. The van der Waals surface area contributed by atoms with Gasteiger partial charge in [0.05, 0.1) is 13.2 Å². The summed E-state index contributed by atoms with van der Waals surface area (Å²) in [6.45, 7) is 3.14. The Kier molecular flexibility index (Phi) is 5.20. The summed E-state index contributed by atoms with van der Waals surface area (Å²) in [6.07, 6.45) is 0.613. The van der Waals surface area contributed by atoms with Crippen molar-refractivity contribution in [3.8, 4) is 0 Å². The molecule has 0 bridgehead atoms. The lowest BCUT2D eigenvalue weighted by atomic mass is 10.1.